The molecule has 0 atom stereocenters. The fraction of sp³-hybridized carbons (Fsp3) is 0.300. The third-order valence-electron chi connectivity index (χ3n) is 3.85. The highest BCUT2D eigenvalue weighted by Crippen LogP contribution is 2.34. The van der Waals surface area contributed by atoms with Crippen LogP contribution in [-0.4, -0.2) is 30.7 Å². The molecule has 136 valence electrons. The lowest BCUT2D eigenvalue weighted by Gasteiger charge is -2.18. The second-order valence-electron chi connectivity index (χ2n) is 5.89. The highest BCUT2D eigenvalue weighted by atomic mass is 32.2. The predicted molar refractivity (Wildman–Crippen MR) is 102 cm³/mol. The molecule has 1 aliphatic rings. The zero-order valence-electron chi connectivity index (χ0n) is 14.6. The molecule has 0 radical (unpaired) electrons. The molecule has 2 aromatic rings. The van der Waals surface area contributed by atoms with Gasteiger partial charge in [0.1, 0.15) is 13.2 Å². The van der Waals surface area contributed by atoms with Crippen LogP contribution in [-0.2, 0) is 4.79 Å². The number of ketones is 1. The minimum Gasteiger partial charge on any atom is -0.486 e. The van der Waals surface area contributed by atoms with Crippen molar-refractivity contribution in [2.45, 2.75) is 24.7 Å². The van der Waals surface area contributed by atoms with Gasteiger partial charge in [-0.1, -0.05) is 6.92 Å². The van der Waals surface area contributed by atoms with Gasteiger partial charge >= 0.3 is 0 Å². The fourth-order valence-electron chi connectivity index (χ4n) is 2.54. The number of carbonyl (C=O) groups excluding carboxylic acids is 2. The minimum atomic E-state index is -0.0132. The first-order valence-corrected chi connectivity index (χ1v) is 9.60. The first-order valence-electron chi connectivity index (χ1n) is 8.61. The highest BCUT2D eigenvalue weighted by molar-refractivity contribution is 8.00. The van der Waals surface area contributed by atoms with E-state index in [1.54, 1.807) is 24.3 Å². The van der Waals surface area contributed by atoms with E-state index in [1.165, 1.54) is 11.8 Å². The molecule has 2 aromatic carbocycles. The largest absolute Gasteiger partial charge is 0.486 e. The van der Waals surface area contributed by atoms with Crippen molar-refractivity contribution >= 4 is 29.1 Å². The van der Waals surface area contributed by atoms with E-state index >= 15 is 0 Å². The Morgan fingerprint density at radius 1 is 1.04 bits per heavy atom. The Bertz CT molecular complexity index is 789. The summed E-state index contributed by atoms with van der Waals surface area (Å²) in [5.41, 5.74) is 1.34. The Balaban J connectivity index is 1.55. The number of rotatable bonds is 7. The third kappa shape index (κ3) is 4.79. The van der Waals surface area contributed by atoms with Crippen molar-refractivity contribution in [3.63, 3.8) is 0 Å². The number of benzene rings is 2. The SMILES string of the molecule is CCCC(=O)Nc1ccc(C(=O)CSc2ccc3c(c2)OCCO3)cc1. The Morgan fingerprint density at radius 3 is 2.50 bits per heavy atom. The third-order valence-corrected chi connectivity index (χ3v) is 4.85. The van der Waals surface area contributed by atoms with Crippen molar-refractivity contribution < 1.29 is 19.1 Å². The zero-order valence-corrected chi connectivity index (χ0v) is 15.4. The summed E-state index contributed by atoms with van der Waals surface area (Å²) in [6.07, 6.45) is 1.30. The van der Waals surface area contributed by atoms with E-state index in [0.717, 1.165) is 22.8 Å². The summed E-state index contributed by atoms with van der Waals surface area (Å²) in [6, 6.07) is 12.7. The summed E-state index contributed by atoms with van der Waals surface area (Å²) < 4.78 is 11.1. The van der Waals surface area contributed by atoms with Crippen molar-refractivity contribution in [1.82, 2.24) is 0 Å². The van der Waals surface area contributed by atoms with Crippen LogP contribution in [0.15, 0.2) is 47.4 Å². The molecule has 0 saturated carbocycles. The van der Waals surface area contributed by atoms with Gasteiger partial charge in [-0.3, -0.25) is 9.59 Å². The molecular weight excluding hydrogens is 350 g/mol. The van der Waals surface area contributed by atoms with E-state index in [-0.39, 0.29) is 11.7 Å². The van der Waals surface area contributed by atoms with Crippen LogP contribution in [0.3, 0.4) is 0 Å². The molecule has 0 spiro atoms. The van der Waals surface area contributed by atoms with E-state index in [0.29, 0.717) is 36.6 Å². The normalized spacial score (nSPS) is 12.5. The van der Waals surface area contributed by atoms with Crippen molar-refractivity contribution in [2.24, 2.45) is 0 Å². The summed E-state index contributed by atoms with van der Waals surface area (Å²) in [7, 11) is 0. The number of amides is 1. The van der Waals surface area contributed by atoms with Crippen LogP contribution in [0.4, 0.5) is 5.69 Å². The van der Waals surface area contributed by atoms with Gasteiger partial charge in [0.05, 0.1) is 5.75 Å². The second-order valence-corrected chi connectivity index (χ2v) is 6.94. The average Bonchev–Trinajstić information content (AvgIpc) is 2.66. The number of anilines is 1. The van der Waals surface area contributed by atoms with Gasteiger partial charge in [0.2, 0.25) is 5.91 Å². The molecule has 0 aromatic heterocycles. The molecule has 0 fully saturated rings. The topological polar surface area (TPSA) is 64.6 Å². The number of ether oxygens (including phenoxy) is 2. The minimum absolute atomic E-state index is 0.0132. The van der Waals surface area contributed by atoms with Gasteiger partial charge in [-0.05, 0) is 48.9 Å². The second kappa shape index (κ2) is 8.76. The zero-order chi connectivity index (χ0) is 18.4. The molecule has 1 aliphatic heterocycles. The molecule has 1 amide bonds. The maximum absolute atomic E-state index is 12.4. The van der Waals surface area contributed by atoms with E-state index < -0.39 is 0 Å². The number of hydrogen-bond acceptors (Lipinski definition) is 5. The lowest BCUT2D eigenvalue weighted by Crippen LogP contribution is -2.15. The smallest absolute Gasteiger partial charge is 0.224 e. The Morgan fingerprint density at radius 2 is 1.77 bits per heavy atom. The van der Waals surface area contributed by atoms with Gasteiger partial charge in [0.25, 0.3) is 0 Å². The summed E-state index contributed by atoms with van der Waals surface area (Å²) in [6.45, 7) is 3.06. The molecule has 26 heavy (non-hydrogen) atoms. The van der Waals surface area contributed by atoms with E-state index in [2.05, 4.69) is 5.32 Å². The number of nitrogens with one attached hydrogen (secondary N) is 1. The standard InChI is InChI=1S/C20H21NO4S/c1-2-3-20(23)21-15-6-4-14(5-7-15)17(22)13-26-16-8-9-18-19(12-16)25-11-10-24-18/h4-9,12H,2-3,10-11,13H2,1H3,(H,21,23). The molecule has 0 bridgehead atoms. The molecule has 0 aliphatic carbocycles. The molecular formula is C20H21NO4S. The number of carbonyl (C=O) groups is 2. The monoisotopic (exact) mass is 371 g/mol. The van der Waals surface area contributed by atoms with Crippen LogP contribution >= 0.6 is 11.8 Å². The Kier molecular flexibility index (Phi) is 6.17. The predicted octanol–water partition coefficient (Wildman–Crippen LogP) is 4.17. The van der Waals surface area contributed by atoms with Gasteiger partial charge < -0.3 is 14.8 Å². The molecule has 5 nitrogen and oxygen atoms in total. The van der Waals surface area contributed by atoms with Crippen LogP contribution in [0, 0.1) is 0 Å². The maximum Gasteiger partial charge on any atom is 0.224 e. The van der Waals surface area contributed by atoms with Crippen molar-refractivity contribution in [3.8, 4) is 11.5 Å². The lowest BCUT2D eigenvalue weighted by molar-refractivity contribution is -0.116. The molecule has 1 N–H and O–H groups in total. The molecule has 1 heterocycles. The van der Waals surface area contributed by atoms with Crippen LogP contribution in [0.2, 0.25) is 0 Å². The summed E-state index contributed by atoms with van der Waals surface area (Å²) in [5, 5.41) is 2.81. The highest BCUT2D eigenvalue weighted by Gasteiger charge is 2.13. The van der Waals surface area contributed by atoms with Crippen LogP contribution < -0.4 is 14.8 Å². The molecule has 6 heteroatoms. The van der Waals surface area contributed by atoms with Crippen LogP contribution in [0.5, 0.6) is 11.5 Å². The Hall–Kier alpha value is -2.47. The van der Waals surface area contributed by atoms with Gasteiger partial charge in [0.15, 0.2) is 17.3 Å². The maximum atomic E-state index is 12.4. The van der Waals surface area contributed by atoms with Crippen LogP contribution in [0.25, 0.3) is 0 Å². The lowest BCUT2D eigenvalue weighted by atomic mass is 10.1. The number of thioether (sulfide) groups is 1. The Labute approximate surface area is 157 Å². The molecule has 0 saturated heterocycles. The summed E-state index contributed by atoms with van der Waals surface area (Å²) in [5.74, 6) is 1.83. The van der Waals surface area contributed by atoms with Gasteiger partial charge in [-0.2, -0.15) is 0 Å². The first kappa shape index (κ1) is 18.3. The summed E-state index contributed by atoms with van der Waals surface area (Å²) in [4.78, 5) is 24.9. The number of hydrogen-bond donors (Lipinski definition) is 1. The first-order chi connectivity index (χ1) is 12.7. The van der Waals surface area contributed by atoms with Crippen molar-refractivity contribution in [3.05, 3.63) is 48.0 Å². The van der Waals surface area contributed by atoms with Gasteiger partial charge in [-0.25, -0.2) is 0 Å². The van der Waals surface area contributed by atoms with Crippen LogP contribution in [0.1, 0.15) is 30.1 Å². The molecule has 3 rings (SSSR count). The van der Waals surface area contributed by atoms with E-state index in [9.17, 15) is 9.59 Å². The van der Waals surface area contributed by atoms with Gasteiger partial charge in [0, 0.05) is 22.6 Å². The summed E-state index contributed by atoms with van der Waals surface area (Å²) >= 11 is 1.46. The van der Waals surface area contributed by atoms with Gasteiger partial charge in [-0.15, -0.1) is 11.8 Å². The average molecular weight is 371 g/mol. The molecule has 0 unspecified atom stereocenters. The number of fused-ring (bicyclic) bond motifs is 1. The van der Waals surface area contributed by atoms with E-state index in [1.807, 2.05) is 25.1 Å². The van der Waals surface area contributed by atoms with Crippen molar-refractivity contribution in [2.75, 3.05) is 24.3 Å². The van der Waals surface area contributed by atoms with E-state index in [4.69, 9.17) is 9.47 Å². The van der Waals surface area contributed by atoms with Crippen molar-refractivity contribution in [1.29, 1.82) is 0 Å². The quantitative estimate of drug-likeness (QED) is 0.584. The number of Topliss-reactive ketones (excluding diaryl/α,β-unsaturated/α-hetero) is 1. The fourth-order valence-corrected chi connectivity index (χ4v) is 3.35.